The van der Waals surface area contributed by atoms with E-state index in [0.717, 1.165) is 17.7 Å². The number of benzene rings is 2. The van der Waals surface area contributed by atoms with Crippen molar-refractivity contribution in [3.8, 4) is 5.75 Å². The third-order valence-electron chi connectivity index (χ3n) is 3.74. The molecule has 10 heteroatoms. The molecule has 6 nitrogen and oxygen atoms in total. The zero-order valence-corrected chi connectivity index (χ0v) is 15.0. The van der Waals surface area contributed by atoms with Crippen molar-refractivity contribution in [3.05, 3.63) is 65.7 Å². The maximum atomic E-state index is 13.0. The van der Waals surface area contributed by atoms with Gasteiger partial charge in [-0.1, -0.05) is 42.5 Å². The van der Waals surface area contributed by atoms with Crippen molar-refractivity contribution < 1.29 is 42.0 Å². The van der Waals surface area contributed by atoms with Crippen molar-refractivity contribution in [1.29, 1.82) is 0 Å². The number of carbonyl (C=O) groups excluding carboxylic acids is 1. The summed E-state index contributed by atoms with van der Waals surface area (Å²) < 4.78 is 59.3. The van der Waals surface area contributed by atoms with Crippen LogP contribution >= 0.6 is 0 Å². The van der Waals surface area contributed by atoms with Crippen molar-refractivity contribution in [3.63, 3.8) is 0 Å². The number of alkyl halides is 4. The number of nitrogens with one attached hydrogen (secondary N) is 1. The van der Waals surface area contributed by atoms with Gasteiger partial charge in [0.25, 0.3) is 0 Å². The Morgan fingerprint density at radius 3 is 2.41 bits per heavy atom. The van der Waals surface area contributed by atoms with E-state index in [0.29, 0.717) is 0 Å². The predicted molar refractivity (Wildman–Crippen MR) is 93.6 cm³/mol. The first-order valence-corrected chi connectivity index (χ1v) is 8.44. The van der Waals surface area contributed by atoms with Gasteiger partial charge in [-0.15, -0.1) is 0 Å². The van der Waals surface area contributed by atoms with Gasteiger partial charge in [0.05, 0.1) is 0 Å². The fourth-order valence-electron chi connectivity index (χ4n) is 2.26. The van der Waals surface area contributed by atoms with Crippen LogP contribution in [0.15, 0.2) is 54.6 Å². The summed E-state index contributed by atoms with van der Waals surface area (Å²) in [5.41, 5.74) is 0.681. The summed E-state index contributed by atoms with van der Waals surface area (Å²) in [6.45, 7) is -0.407. The van der Waals surface area contributed by atoms with Gasteiger partial charge in [-0.2, -0.15) is 17.6 Å². The minimum Gasteiger partial charge on any atom is -0.445 e. The fraction of sp³-hybridized carbons (Fsp3) is 0.316. The van der Waals surface area contributed by atoms with E-state index in [1.807, 2.05) is 0 Å². The highest BCUT2D eigenvalue weighted by Gasteiger charge is 2.44. The van der Waals surface area contributed by atoms with Crippen molar-refractivity contribution in [2.75, 3.05) is 6.54 Å². The quantitative estimate of drug-likeness (QED) is 0.546. The number of aliphatic hydroxyl groups excluding tert-OH is 2. The molecule has 2 aromatic carbocycles. The van der Waals surface area contributed by atoms with Gasteiger partial charge in [-0.25, -0.2) is 4.79 Å². The summed E-state index contributed by atoms with van der Waals surface area (Å²) in [4.78, 5) is 11.7. The van der Waals surface area contributed by atoms with Crippen LogP contribution in [0.4, 0.5) is 22.4 Å². The fourth-order valence-corrected chi connectivity index (χ4v) is 2.26. The minimum atomic E-state index is -4.70. The molecule has 2 atom stereocenters. The Morgan fingerprint density at radius 1 is 1.07 bits per heavy atom. The van der Waals surface area contributed by atoms with Gasteiger partial charge in [0.15, 0.2) is 0 Å². The molecule has 0 aliphatic heterocycles. The second-order valence-electron chi connectivity index (χ2n) is 5.99. The van der Waals surface area contributed by atoms with Gasteiger partial charge in [0.1, 0.15) is 24.6 Å². The zero-order chi connectivity index (χ0) is 21.4. The van der Waals surface area contributed by atoms with E-state index in [4.69, 9.17) is 4.74 Å². The number of halogens is 4. The Bertz CT molecular complexity index is 791. The van der Waals surface area contributed by atoms with E-state index in [2.05, 4.69) is 10.1 Å². The van der Waals surface area contributed by atoms with Gasteiger partial charge in [-0.05, 0) is 23.3 Å². The highest BCUT2D eigenvalue weighted by molar-refractivity contribution is 5.67. The first-order valence-electron chi connectivity index (χ1n) is 8.44. The third-order valence-corrected chi connectivity index (χ3v) is 3.74. The standard InChI is InChI=1S/C19H19F4NO5/c20-17(21)19(22,23)29-14-8-4-7-13(9-14)16(26)15(25)10-24-18(27)28-11-12-5-2-1-3-6-12/h1-9,15-17,25-26H,10-11H2,(H,24,27). The molecule has 0 fully saturated rings. The zero-order valence-electron chi connectivity index (χ0n) is 15.0. The summed E-state index contributed by atoms with van der Waals surface area (Å²) in [5.74, 6) is -0.616. The van der Waals surface area contributed by atoms with E-state index in [9.17, 15) is 32.6 Å². The molecule has 0 aliphatic rings. The molecule has 158 valence electrons. The molecule has 0 bridgehead atoms. The van der Waals surface area contributed by atoms with Gasteiger partial charge in [0.2, 0.25) is 0 Å². The maximum Gasteiger partial charge on any atom is 0.461 e. The van der Waals surface area contributed by atoms with Crippen LogP contribution in [0, 0.1) is 0 Å². The predicted octanol–water partition coefficient (Wildman–Crippen LogP) is 3.24. The Kier molecular flexibility index (Phi) is 7.80. The van der Waals surface area contributed by atoms with Crippen molar-refractivity contribution in [2.45, 2.75) is 31.3 Å². The Morgan fingerprint density at radius 2 is 1.76 bits per heavy atom. The lowest BCUT2D eigenvalue weighted by atomic mass is 10.0. The topological polar surface area (TPSA) is 88.0 Å². The van der Waals surface area contributed by atoms with E-state index in [-0.39, 0.29) is 12.2 Å². The normalized spacial score (nSPS) is 13.6. The first kappa shape index (κ1) is 22.4. The van der Waals surface area contributed by atoms with Gasteiger partial charge >= 0.3 is 18.6 Å². The van der Waals surface area contributed by atoms with Crippen molar-refractivity contribution >= 4 is 6.09 Å². The van der Waals surface area contributed by atoms with Gasteiger partial charge in [0, 0.05) is 6.54 Å². The summed E-state index contributed by atoms with van der Waals surface area (Å²) >= 11 is 0. The smallest absolute Gasteiger partial charge is 0.445 e. The second-order valence-corrected chi connectivity index (χ2v) is 5.99. The molecule has 0 heterocycles. The molecule has 1 amide bonds. The lowest BCUT2D eigenvalue weighted by Gasteiger charge is -2.21. The number of aliphatic hydroxyl groups is 2. The van der Waals surface area contributed by atoms with Crippen LogP contribution in [-0.4, -0.2) is 41.5 Å². The third kappa shape index (κ3) is 6.91. The number of hydrogen-bond donors (Lipinski definition) is 3. The molecule has 0 saturated carbocycles. The average molecular weight is 417 g/mol. The van der Waals surface area contributed by atoms with E-state index in [1.165, 1.54) is 12.1 Å². The number of amides is 1. The number of hydrogen-bond acceptors (Lipinski definition) is 5. The molecule has 0 aromatic heterocycles. The molecule has 29 heavy (non-hydrogen) atoms. The number of carbonyl (C=O) groups is 1. The van der Waals surface area contributed by atoms with Crippen LogP contribution in [0.2, 0.25) is 0 Å². The van der Waals surface area contributed by atoms with Crippen LogP contribution in [0.1, 0.15) is 17.2 Å². The first-order chi connectivity index (χ1) is 13.7. The molecule has 0 radical (unpaired) electrons. The van der Waals surface area contributed by atoms with E-state index >= 15 is 0 Å². The van der Waals surface area contributed by atoms with E-state index in [1.54, 1.807) is 30.3 Å². The second kappa shape index (κ2) is 10.1. The molecule has 2 aromatic rings. The Balaban J connectivity index is 1.87. The van der Waals surface area contributed by atoms with Gasteiger partial charge in [-0.3, -0.25) is 0 Å². The summed E-state index contributed by atoms with van der Waals surface area (Å²) in [5, 5.41) is 22.3. The number of ether oxygens (including phenoxy) is 2. The molecule has 3 N–H and O–H groups in total. The Hall–Kier alpha value is -2.85. The lowest BCUT2D eigenvalue weighted by Crippen LogP contribution is -2.36. The lowest BCUT2D eigenvalue weighted by molar-refractivity contribution is -0.253. The molecular weight excluding hydrogens is 398 g/mol. The highest BCUT2D eigenvalue weighted by atomic mass is 19.3. The van der Waals surface area contributed by atoms with Crippen LogP contribution in [0.25, 0.3) is 0 Å². The largest absolute Gasteiger partial charge is 0.461 e. The van der Waals surface area contributed by atoms with Crippen molar-refractivity contribution in [2.24, 2.45) is 0 Å². The molecule has 0 spiro atoms. The van der Waals surface area contributed by atoms with Crippen LogP contribution in [0.3, 0.4) is 0 Å². The molecule has 2 unspecified atom stereocenters. The SMILES string of the molecule is O=C(NCC(O)C(O)c1cccc(OC(F)(F)C(F)F)c1)OCc1ccccc1. The number of alkyl carbamates (subject to hydrolysis) is 1. The maximum absolute atomic E-state index is 13.0. The summed E-state index contributed by atoms with van der Waals surface area (Å²) in [7, 11) is 0. The number of rotatable bonds is 9. The van der Waals surface area contributed by atoms with Crippen molar-refractivity contribution in [1.82, 2.24) is 5.32 Å². The molecule has 2 rings (SSSR count). The van der Waals surface area contributed by atoms with Crippen LogP contribution in [-0.2, 0) is 11.3 Å². The Labute approximate surface area is 163 Å². The minimum absolute atomic E-state index is 0.00303. The molecule has 0 aliphatic carbocycles. The monoisotopic (exact) mass is 417 g/mol. The summed E-state index contributed by atoms with van der Waals surface area (Å²) in [6.07, 6.45) is -12.7. The average Bonchev–Trinajstić information content (AvgIpc) is 2.70. The highest BCUT2D eigenvalue weighted by Crippen LogP contribution is 2.29. The van der Waals surface area contributed by atoms with Crippen LogP contribution in [0.5, 0.6) is 5.75 Å². The van der Waals surface area contributed by atoms with Gasteiger partial charge < -0.3 is 25.0 Å². The summed E-state index contributed by atoms with van der Waals surface area (Å²) in [6, 6.07) is 13.2. The van der Waals surface area contributed by atoms with Crippen LogP contribution < -0.4 is 10.1 Å². The van der Waals surface area contributed by atoms with E-state index < -0.39 is 43.1 Å². The molecule has 0 saturated heterocycles. The molecular formula is C19H19F4NO5.